The molecule has 3 fully saturated rings. The lowest BCUT2D eigenvalue weighted by Gasteiger charge is -2.24. The highest BCUT2D eigenvalue weighted by atomic mass is 32.2. The van der Waals surface area contributed by atoms with E-state index in [1.165, 1.54) is 6.07 Å². The summed E-state index contributed by atoms with van der Waals surface area (Å²) in [6, 6.07) is 8.93. The number of rotatable bonds is 8. The third kappa shape index (κ3) is 5.14. The van der Waals surface area contributed by atoms with Gasteiger partial charge in [0.05, 0.1) is 6.61 Å². The molecule has 200 valence electrons. The number of nitrogens with one attached hydrogen (secondary N) is 2. The number of thioether (sulfide) groups is 1. The van der Waals surface area contributed by atoms with Crippen molar-refractivity contribution in [3.05, 3.63) is 63.8 Å². The molecule has 2 aromatic carbocycles. The number of piperidine rings is 1. The van der Waals surface area contributed by atoms with Crippen molar-refractivity contribution in [2.75, 3.05) is 19.7 Å². The standard InChI is InChI=1S/C30H34FN3O3S/c1-18-24(13-20(14-26(18)31)28(36)33-21-3-4-21)19-2-5-23-25(12-19)27(38-22-6-10-32-11-7-22)15-34(29(23)37)16-30(17-35)8-9-30/h2,5,12-15,21-22,32,35H,3-4,6-11,16-17H2,1H3,(H,33,36). The molecule has 3 aliphatic rings. The van der Waals surface area contributed by atoms with Gasteiger partial charge in [-0.15, -0.1) is 11.8 Å². The number of hydrogen-bond donors (Lipinski definition) is 3. The topological polar surface area (TPSA) is 83.4 Å². The Hall–Kier alpha value is -2.68. The minimum Gasteiger partial charge on any atom is -0.396 e. The monoisotopic (exact) mass is 535 g/mol. The minimum absolute atomic E-state index is 0.0681. The second-order valence-electron chi connectivity index (χ2n) is 11.3. The van der Waals surface area contributed by atoms with Gasteiger partial charge in [-0.1, -0.05) is 6.07 Å². The van der Waals surface area contributed by atoms with E-state index in [2.05, 4.69) is 10.6 Å². The van der Waals surface area contributed by atoms with E-state index in [1.54, 1.807) is 29.3 Å². The molecule has 6 nitrogen and oxygen atoms in total. The highest BCUT2D eigenvalue weighted by Crippen LogP contribution is 2.46. The Bertz CT molecular complexity index is 1460. The first-order valence-corrected chi connectivity index (χ1v) is 14.5. The molecular formula is C30H34FN3O3S. The number of aromatic nitrogens is 1. The number of benzene rings is 2. The summed E-state index contributed by atoms with van der Waals surface area (Å²) in [5.74, 6) is -0.668. The first kappa shape index (κ1) is 25.6. The Morgan fingerprint density at radius 2 is 1.92 bits per heavy atom. The second-order valence-corrected chi connectivity index (χ2v) is 12.6. The molecule has 3 aromatic rings. The summed E-state index contributed by atoms with van der Waals surface area (Å²) < 4.78 is 16.8. The Morgan fingerprint density at radius 1 is 1.16 bits per heavy atom. The molecular weight excluding hydrogens is 501 g/mol. The zero-order valence-electron chi connectivity index (χ0n) is 21.7. The van der Waals surface area contributed by atoms with Crippen LogP contribution < -0.4 is 16.2 Å². The second kappa shape index (κ2) is 10.1. The fourth-order valence-corrected chi connectivity index (χ4v) is 6.66. The van der Waals surface area contributed by atoms with E-state index in [-0.39, 0.29) is 29.5 Å². The summed E-state index contributed by atoms with van der Waals surface area (Å²) in [5, 5.41) is 18.2. The van der Waals surface area contributed by atoms with E-state index in [0.29, 0.717) is 33.9 Å². The number of aliphatic hydroxyl groups excluding tert-OH is 1. The van der Waals surface area contributed by atoms with Crippen LogP contribution in [-0.4, -0.2) is 46.6 Å². The Morgan fingerprint density at radius 3 is 2.61 bits per heavy atom. The maximum atomic E-state index is 15.0. The molecule has 2 saturated carbocycles. The molecule has 1 saturated heterocycles. The summed E-state index contributed by atoms with van der Waals surface area (Å²) in [6.45, 7) is 4.28. The molecule has 0 radical (unpaired) electrons. The first-order valence-electron chi connectivity index (χ1n) is 13.6. The van der Waals surface area contributed by atoms with Crippen molar-refractivity contribution in [3.8, 4) is 11.1 Å². The molecule has 0 bridgehead atoms. The van der Waals surface area contributed by atoms with E-state index in [0.717, 1.165) is 67.5 Å². The van der Waals surface area contributed by atoms with Gasteiger partial charge in [0.15, 0.2) is 0 Å². The zero-order valence-corrected chi connectivity index (χ0v) is 22.5. The van der Waals surface area contributed by atoms with E-state index in [1.807, 2.05) is 24.4 Å². The Balaban J connectivity index is 1.44. The van der Waals surface area contributed by atoms with Crippen LogP contribution in [0.4, 0.5) is 4.39 Å². The summed E-state index contributed by atoms with van der Waals surface area (Å²) in [4.78, 5) is 27.3. The van der Waals surface area contributed by atoms with Crippen molar-refractivity contribution >= 4 is 28.4 Å². The lowest BCUT2D eigenvalue weighted by atomic mass is 9.95. The molecule has 1 aromatic heterocycles. The Labute approximate surface area is 226 Å². The van der Waals surface area contributed by atoms with Gasteiger partial charge in [-0.3, -0.25) is 9.59 Å². The zero-order chi connectivity index (χ0) is 26.4. The summed E-state index contributed by atoms with van der Waals surface area (Å²) in [7, 11) is 0. The van der Waals surface area contributed by atoms with Crippen LogP contribution in [0.1, 0.15) is 54.4 Å². The van der Waals surface area contributed by atoms with Crippen molar-refractivity contribution in [3.63, 3.8) is 0 Å². The smallest absolute Gasteiger partial charge is 0.258 e. The van der Waals surface area contributed by atoms with Gasteiger partial charge in [-0.2, -0.15) is 0 Å². The van der Waals surface area contributed by atoms with Gasteiger partial charge in [-0.25, -0.2) is 4.39 Å². The highest BCUT2D eigenvalue weighted by molar-refractivity contribution is 8.00. The Kier molecular flexibility index (Phi) is 6.82. The van der Waals surface area contributed by atoms with E-state index >= 15 is 0 Å². The average molecular weight is 536 g/mol. The quantitative estimate of drug-likeness (QED) is 0.392. The van der Waals surface area contributed by atoms with Crippen LogP contribution in [0.3, 0.4) is 0 Å². The average Bonchev–Trinajstić information content (AvgIpc) is 3.86. The lowest BCUT2D eigenvalue weighted by molar-refractivity contribution is 0.0950. The summed E-state index contributed by atoms with van der Waals surface area (Å²) in [5.41, 5.74) is 1.98. The molecule has 0 spiro atoms. The van der Waals surface area contributed by atoms with Crippen molar-refractivity contribution < 1.29 is 14.3 Å². The SMILES string of the molecule is Cc1c(F)cc(C(=O)NC2CC2)cc1-c1ccc2c(=O)n(CC3(CO)CC3)cc(SC3CCNCC3)c2c1. The largest absolute Gasteiger partial charge is 0.396 e. The van der Waals surface area contributed by atoms with Crippen molar-refractivity contribution in [1.29, 1.82) is 0 Å². The summed E-state index contributed by atoms with van der Waals surface area (Å²) >= 11 is 1.80. The maximum Gasteiger partial charge on any atom is 0.258 e. The lowest BCUT2D eigenvalue weighted by Crippen LogP contribution is -2.29. The van der Waals surface area contributed by atoms with Gasteiger partial charge in [0.1, 0.15) is 5.82 Å². The van der Waals surface area contributed by atoms with Crippen LogP contribution >= 0.6 is 11.8 Å². The molecule has 2 heterocycles. The van der Waals surface area contributed by atoms with Gasteiger partial charge in [0, 0.05) is 50.7 Å². The molecule has 6 rings (SSSR count). The third-order valence-electron chi connectivity index (χ3n) is 8.26. The molecule has 1 amide bonds. The number of aliphatic hydroxyl groups is 1. The van der Waals surface area contributed by atoms with Gasteiger partial charge >= 0.3 is 0 Å². The maximum absolute atomic E-state index is 15.0. The van der Waals surface area contributed by atoms with Crippen molar-refractivity contribution in [2.24, 2.45) is 5.41 Å². The molecule has 1 aliphatic heterocycles. The number of carbonyl (C=O) groups excluding carboxylic acids is 1. The summed E-state index contributed by atoms with van der Waals surface area (Å²) in [6.07, 6.45) is 7.85. The molecule has 8 heteroatoms. The number of amides is 1. The predicted octanol–water partition coefficient (Wildman–Crippen LogP) is 4.62. The van der Waals surface area contributed by atoms with Gasteiger partial charge in [0.25, 0.3) is 11.5 Å². The molecule has 0 unspecified atom stereocenters. The first-order chi connectivity index (χ1) is 18.4. The number of nitrogens with zero attached hydrogens (tertiary/aromatic N) is 1. The van der Waals surface area contributed by atoms with Crippen LogP contribution in [-0.2, 0) is 6.54 Å². The normalized spacial score (nSPS) is 19.0. The van der Waals surface area contributed by atoms with Gasteiger partial charge in [0.2, 0.25) is 0 Å². The van der Waals surface area contributed by atoms with E-state index in [4.69, 9.17) is 0 Å². The number of fused-ring (bicyclic) bond motifs is 1. The number of pyridine rings is 1. The van der Waals surface area contributed by atoms with E-state index in [9.17, 15) is 19.1 Å². The predicted molar refractivity (Wildman–Crippen MR) is 149 cm³/mol. The molecule has 2 aliphatic carbocycles. The van der Waals surface area contributed by atoms with Crippen molar-refractivity contribution in [1.82, 2.24) is 15.2 Å². The van der Waals surface area contributed by atoms with Gasteiger partial charge in [-0.05, 0) is 99.5 Å². The number of halogens is 1. The molecule has 3 N–H and O–H groups in total. The molecule has 0 atom stereocenters. The van der Waals surface area contributed by atoms with E-state index < -0.39 is 5.82 Å². The minimum atomic E-state index is -0.415. The van der Waals surface area contributed by atoms with Crippen LogP contribution in [0.15, 0.2) is 46.2 Å². The number of carbonyl (C=O) groups is 1. The van der Waals surface area contributed by atoms with Crippen LogP contribution in [0, 0.1) is 18.2 Å². The van der Waals surface area contributed by atoms with Crippen LogP contribution in [0.25, 0.3) is 21.9 Å². The highest BCUT2D eigenvalue weighted by Gasteiger charge is 2.42. The van der Waals surface area contributed by atoms with Crippen LogP contribution in [0.5, 0.6) is 0 Å². The van der Waals surface area contributed by atoms with Crippen LogP contribution in [0.2, 0.25) is 0 Å². The fraction of sp³-hybridized carbons (Fsp3) is 0.467. The van der Waals surface area contributed by atoms with Crippen molar-refractivity contribution in [2.45, 2.75) is 68.2 Å². The van der Waals surface area contributed by atoms with Gasteiger partial charge < -0.3 is 20.3 Å². The third-order valence-corrected chi connectivity index (χ3v) is 9.64. The molecule has 38 heavy (non-hydrogen) atoms. The number of hydrogen-bond acceptors (Lipinski definition) is 5. The fourth-order valence-electron chi connectivity index (χ4n) is 5.34.